The van der Waals surface area contributed by atoms with Crippen LogP contribution in [-0.2, 0) is 10.0 Å². The lowest BCUT2D eigenvalue weighted by Crippen LogP contribution is -2.16. The van der Waals surface area contributed by atoms with Crippen molar-refractivity contribution in [3.05, 3.63) is 41.2 Å². The number of carbonyl (C=O) groups is 1. The van der Waals surface area contributed by atoms with Gasteiger partial charge in [0.15, 0.2) is 11.5 Å². The van der Waals surface area contributed by atoms with Gasteiger partial charge in [-0.1, -0.05) is 11.3 Å². The van der Waals surface area contributed by atoms with Gasteiger partial charge in [0.25, 0.3) is 5.91 Å². The Morgan fingerprint density at radius 2 is 1.80 bits per heavy atom. The summed E-state index contributed by atoms with van der Waals surface area (Å²) in [6.07, 6.45) is 1.01. The first-order valence-corrected chi connectivity index (χ1v) is 11.6. The fourth-order valence-corrected chi connectivity index (χ4v) is 4.67. The van der Waals surface area contributed by atoms with Crippen molar-refractivity contribution >= 4 is 37.5 Å². The summed E-state index contributed by atoms with van der Waals surface area (Å²) >= 11 is 0.930. The van der Waals surface area contributed by atoms with E-state index in [9.17, 15) is 13.2 Å². The summed E-state index contributed by atoms with van der Waals surface area (Å²) in [5.41, 5.74) is 2.92. The van der Waals surface area contributed by atoms with Crippen molar-refractivity contribution in [3.8, 4) is 17.2 Å². The molecule has 0 spiro atoms. The maximum absolute atomic E-state index is 12.8. The lowest BCUT2D eigenvalue weighted by Gasteiger charge is -2.20. The van der Waals surface area contributed by atoms with Crippen molar-refractivity contribution in [2.75, 3.05) is 29.5 Å². The monoisotopic (exact) mass is 449 g/mol. The molecule has 1 aliphatic rings. The van der Waals surface area contributed by atoms with Crippen LogP contribution in [0.1, 0.15) is 21.7 Å². The second-order valence-electron chi connectivity index (χ2n) is 6.69. The Morgan fingerprint density at radius 1 is 1.10 bits per heavy atom. The maximum atomic E-state index is 12.8. The molecular weight excluding hydrogens is 430 g/mol. The first-order chi connectivity index (χ1) is 14.2. The number of carbonyl (C=O) groups excluding carboxylic acids is 1. The molecule has 30 heavy (non-hydrogen) atoms. The molecule has 0 fully saturated rings. The number of nitrogens with one attached hydrogen (secondary N) is 2. The Balaban J connectivity index is 1.58. The molecule has 2 N–H and O–H groups in total. The number of aromatic nitrogens is 3. The SMILES string of the molecule is Cc1cc(C(=O)Nc2nnc(NS(C)(=O)=O)s2)c(C)n1-c1ccc2c(c1)OCCO2. The van der Waals surface area contributed by atoms with E-state index in [1.807, 2.05) is 36.6 Å². The molecule has 1 amide bonds. The quantitative estimate of drug-likeness (QED) is 0.612. The Bertz CT molecular complexity index is 1230. The molecule has 0 atom stereocenters. The standard InChI is InChI=1S/C18H19N5O5S2/c1-10-8-13(16(24)19-17-20-21-18(29-17)22-30(3,25)26)11(2)23(10)12-4-5-14-15(9-12)28-7-6-27-14/h4-5,8-9H,6-7H2,1-3H3,(H,21,22)(H,19,20,24). The third-order valence-electron chi connectivity index (χ3n) is 4.38. The second kappa shape index (κ2) is 7.61. The zero-order valence-corrected chi connectivity index (χ0v) is 18.1. The normalized spacial score (nSPS) is 13.2. The van der Waals surface area contributed by atoms with Gasteiger partial charge in [-0.25, -0.2) is 8.42 Å². The lowest BCUT2D eigenvalue weighted by atomic mass is 10.2. The van der Waals surface area contributed by atoms with Gasteiger partial charge in [-0.2, -0.15) is 0 Å². The van der Waals surface area contributed by atoms with Crippen LogP contribution in [0, 0.1) is 13.8 Å². The van der Waals surface area contributed by atoms with Crippen molar-refractivity contribution in [2.45, 2.75) is 13.8 Å². The number of amides is 1. The first-order valence-electron chi connectivity index (χ1n) is 8.93. The molecule has 0 radical (unpaired) electrons. The third-order valence-corrected chi connectivity index (χ3v) is 5.83. The lowest BCUT2D eigenvalue weighted by molar-refractivity contribution is 0.102. The van der Waals surface area contributed by atoms with Crippen LogP contribution in [-0.4, -0.2) is 48.6 Å². The second-order valence-corrected chi connectivity index (χ2v) is 9.41. The van der Waals surface area contributed by atoms with Gasteiger partial charge >= 0.3 is 0 Å². The average Bonchev–Trinajstić information content (AvgIpc) is 3.23. The van der Waals surface area contributed by atoms with E-state index in [0.29, 0.717) is 30.3 Å². The summed E-state index contributed by atoms with van der Waals surface area (Å²) in [6, 6.07) is 7.41. The van der Waals surface area contributed by atoms with Crippen LogP contribution in [0.5, 0.6) is 11.5 Å². The van der Waals surface area contributed by atoms with Crippen molar-refractivity contribution < 1.29 is 22.7 Å². The van der Waals surface area contributed by atoms with Crippen molar-refractivity contribution in [1.82, 2.24) is 14.8 Å². The Kier molecular flexibility index (Phi) is 5.12. The third kappa shape index (κ3) is 4.09. The van der Waals surface area contributed by atoms with Crippen LogP contribution < -0.4 is 19.5 Å². The minimum absolute atomic E-state index is 0.0783. The molecule has 0 saturated heterocycles. The molecule has 0 saturated carbocycles. The van der Waals surface area contributed by atoms with Gasteiger partial charge in [0.05, 0.1) is 11.8 Å². The fraction of sp³-hybridized carbons (Fsp3) is 0.278. The number of aryl methyl sites for hydroxylation is 1. The predicted molar refractivity (Wildman–Crippen MR) is 113 cm³/mol. The molecule has 3 aromatic rings. The maximum Gasteiger partial charge on any atom is 0.259 e. The summed E-state index contributed by atoms with van der Waals surface area (Å²) < 4.78 is 38.0. The number of nitrogens with zero attached hydrogens (tertiary/aromatic N) is 3. The molecule has 1 aromatic carbocycles. The number of ether oxygens (including phenoxy) is 2. The molecule has 10 nitrogen and oxygen atoms in total. The topological polar surface area (TPSA) is 124 Å². The highest BCUT2D eigenvalue weighted by Gasteiger charge is 2.20. The molecule has 1 aliphatic heterocycles. The highest BCUT2D eigenvalue weighted by molar-refractivity contribution is 7.92. The molecular formula is C18H19N5O5S2. The van der Waals surface area contributed by atoms with E-state index in [4.69, 9.17) is 9.47 Å². The van der Waals surface area contributed by atoms with Crippen LogP contribution in [0.15, 0.2) is 24.3 Å². The van der Waals surface area contributed by atoms with Crippen LogP contribution in [0.25, 0.3) is 5.69 Å². The molecule has 158 valence electrons. The highest BCUT2D eigenvalue weighted by atomic mass is 32.2. The summed E-state index contributed by atoms with van der Waals surface area (Å²) in [7, 11) is -3.47. The molecule has 12 heteroatoms. The van der Waals surface area contributed by atoms with E-state index in [0.717, 1.165) is 34.7 Å². The highest BCUT2D eigenvalue weighted by Crippen LogP contribution is 2.33. The number of anilines is 2. The molecule has 2 aromatic heterocycles. The number of hydrogen-bond acceptors (Lipinski definition) is 8. The Hall–Kier alpha value is -3.12. The Labute approximate surface area is 176 Å². The molecule has 4 rings (SSSR count). The number of hydrogen-bond donors (Lipinski definition) is 2. The summed E-state index contributed by atoms with van der Waals surface area (Å²) in [5, 5.41) is 10.4. The van der Waals surface area contributed by atoms with Gasteiger partial charge < -0.3 is 14.0 Å². The van der Waals surface area contributed by atoms with E-state index < -0.39 is 10.0 Å². The summed E-state index contributed by atoms with van der Waals surface area (Å²) in [6.45, 7) is 4.76. The number of benzene rings is 1. The van der Waals surface area contributed by atoms with Crippen molar-refractivity contribution in [3.63, 3.8) is 0 Å². The molecule has 3 heterocycles. The van der Waals surface area contributed by atoms with Gasteiger partial charge in [-0.15, -0.1) is 10.2 Å². The molecule has 0 aliphatic carbocycles. The van der Waals surface area contributed by atoms with E-state index >= 15 is 0 Å². The summed E-state index contributed by atoms with van der Waals surface area (Å²) in [4.78, 5) is 12.8. The number of fused-ring (bicyclic) bond motifs is 1. The number of sulfonamides is 1. The van der Waals surface area contributed by atoms with E-state index in [-0.39, 0.29) is 16.2 Å². The van der Waals surface area contributed by atoms with Crippen LogP contribution in [0.4, 0.5) is 10.3 Å². The Morgan fingerprint density at radius 3 is 2.53 bits per heavy atom. The van der Waals surface area contributed by atoms with Crippen molar-refractivity contribution in [2.24, 2.45) is 0 Å². The predicted octanol–water partition coefficient (Wildman–Crippen LogP) is 2.34. The zero-order chi connectivity index (χ0) is 21.5. The molecule has 0 unspecified atom stereocenters. The molecule has 0 bridgehead atoms. The zero-order valence-electron chi connectivity index (χ0n) is 16.4. The van der Waals surface area contributed by atoms with Crippen LogP contribution in [0.2, 0.25) is 0 Å². The first kappa shape index (κ1) is 20.2. The van der Waals surface area contributed by atoms with Gasteiger partial charge in [-0.05, 0) is 32.0 Å². The van der Waals surface area contributed by atoms with Crippen molar-refractivity contribution in [1.29, 1.82) is 0 Å². The largest absolute Gasteiger partial charge is 0.486 e. The number of rotatable bonds is 5. The smallest absolute Gasteiger partial charge is 0.259 e. The minimum Gasteiger partial charge on any atom is -0.486 e. The fourth-order valence-electron chi connectivity index (χ4n) is 3.20. The minimum atomic E-state index is -3.47. The van der Waals surface area contributed by atoms with Gasteiger partial charge in [0, 0.05) is 23.1 Å². The van der Waals surface area contributed by atoms with Gasteiger partial charge in [-0.3, -0.25) is 14.8 Å². The van der Waals surface area contributed by atoms with E-state index in [1.165, 1.54) is 0 Å². The van der Waals surface area contributed by atoms with E-state index in [2.05, 4.69) is 20.2 Å². The van der Waals surface area contributed by atoms with E-state index in [1.54, 1.807) is 6.07 Å². The van der Waals surface area contributed by atoms with Crippen LogP contribution in [0.3, 0.4) is 0 Å². The van der Waals surface area contributed by atoms with Gasteiger partial charge in [0.1, 0.15) is 13.2 Å². The summed E-state index contributed by atoms with van der Waals surface area (Å²) in [5.74, 6) is 0.992. The van der Waals surface area contributed by atoms with Gasteiger partial charge in [0.2, 0.25) is 20.3 Å². The van der Waals surface area contributed by atoms with Crippen LogP contribution >= 0.6 is 11.3 Å². The average molecular weight is 450 g/mol.